The molecule has 0 bridgehead atoms. The fourth-order valence-corrected chi connectivity index (χ4v) is 4.00. The number of hydrogen-bond acceptors (Lipinski definition) is 2. The van der Waals surface area contributed by atoms with Crippen LogP contribution in [0, 0.1) is 5.92 Å². The average molecular weight is 292 g/mol. The third-order valence-electron chi connectivity index (χ3n) is 2.87. The molecule has 1 aliphatic rings. The van der Waals surface area contributed by atoms with Crippen LogP contribution in [0.4, 0.5) is 0 Å². The maximum absolute atomic E-state index is 11.9. The zero-order chi connectivity index (χ0) is 12.4. The lowest BCUT2D eigenvalue weighted by molar-refractivity contribution is 0.518. The van der Waals surface area contributed by atoms with Crippen LogP contribution in [0.25, 0.3) is 0 Å². The van der Waals surface area contributed by atoms with Crippen LogP contribution < -0.4 is 5.32 Å². The third kappa shape index (κ3) is 3.44. The summed E-state index contributed by atoms with van der Waals surface area (Å²) in [7, 11) is -0.797. The maximum atomic E-state index is 11.9. The van der Waals surface area contributed by atoms with Crippen molar-refractivity contribution in [2.24, 2.45) is 5.92 Å². The molecule has 1 saturated heterocycles. The highest BCUT2D eigenvalue weighted by Crippen LogP contribution is 2.28. The van der Waals surface area contributed by atoms with E-state index in [0.29, 0.717) is 21.7 Å². The molecule has 5 heteroatoms. The van der Waals surface area contributed by atoms with Crippen LogP contribution in [0.5, 0.6) is 0 Å². The molecule has 0 radical (unpaired) electrons. The lowest BCUT2D eigenvalue weighted by Gasteiger charge is -2.17. The Morgan fingerprint density at radius 1 is 1.35 bits per heavy atom. The van der Waals surface area contributed by atoms with E-state index in [1.807, 2.05) is 6.07 Å². The first-order valence-electron chi connectivity index (χ1n) is 5.59. The molecule has 1 aliphatic heterocycles. The van der Waals surface area contributed by atoms with E-state index >= 15 is 0 Å². The van der Waals surface area contributed by atoms with Crippen molar-refractivity contribution in [1.29, 1.82) is 0 Å². The van der Waals surface area contributed by atoms with Crippen molar-refractivity contribution in [2.75, 3.05) is 18.1 Å². The van der Waals surface area contributed by atoms with Gasteiger partial charge in [-0.2, -0.15) is 0 Å². The Kier molecular flexibility index (Phi) is 4.47. The highest BCUT2D eigenvalue weighted by molar-refractivity contribution is 7.85. The second-order valence-electron chi connectivity index (χ2n) is 4.51. The predicted molar refractivity (Wildman–Crippen MR) is 74.2 cm³/mol. The van der Waals surface area contributed by atoms with Gasteiger partial charge in [-0.3, -0.25) is 4.21 Å². The Morgan fingerprint density at radius 3 is 2.88 bits per heavy atom. The van der Waals surface area contributed by atoms with Gasteiger partial charge in [-0.1, -0.05) is 30.1 Å². The molecule has 3 atom stereocenters. The van der Waals surface area contributed by atoms with Gasteiger partial charge in [-0.05, 0) is 36.2 Å². The summed E-state index contributed by atoms with van der Waals surface area (Å²) in [5, 5.41) is 4.75. The van der Waals surface area contributed by atoms with Crippen molar-refractivity contribution in [3.63, 3.8) is 0 Å². The number of halogens is 2. The van der Waals surface area contributed by atoms with Crippen LogP contribution >= 0.6 is 23.2 Å². The van der Waals surface area contributed by atoms with E-state index in [9.17, 15) is 4.21 Å². The smallest absolute Gasteiger partial charge is 0.0455 e. The summed E-state index contributed by atoms with van der Waals surface area (Å²) < 4.78 is 11.9. The summed E-state index contributed by atoms with van der Waals surface area (Å²) in [6.07, 6.45) is 0. The Labute approximate surface area is 114 Å². The molecular formula is C12H15Cl2NOS. The number of nitrogens with one attached hydrogen (secondary N) is 1. The van der Waals surface area contributed by atoms with Crippen LogP contribution in [-0.2, 0) is 10.8 Å². The van der Waals surface area contributed by atoms with Gasteiger partial charge < -0.3 is 5.32 Å². The van der Waals surface area contributed by atoms with Gasteiger partial charge in [0.25, 0.3) is 0 Å². The topological polar surface area (TPSA) is 29.1 Å². The molecule has 0 aliphatic carbocycles. The van der Waals surface area contributed by atoms with Crippen LogP contribution in [0.3, 0.4) is 0 Å². The summed E-state index contributed by atoms with van der Waals surface area (Å²) in [5.41, 5.74) is 0.946. The first-order valence-corrected chi connectivity index (χ1v) is 7.84. The molecule has 2 rings (SSSR count). The van der Waals surface area contributed by atoms with Gasteiger partial charge in [0.15, 0.2) is 0 Å². The van der Waals surface area contributed by atoms with Crippen molar-refractivity contribution >= 4 is 34.0 Å². The molecule has 0 amide bonds. The molecule has 0 saturated carbocycles. The highest BCUT2D eigenvalue weighted by Gasteiger charge is 2.23. The second kappa shape index (κ2) is 5.70. The van der Waals surface area contributed by atoms with Crippen molar-refractivity contribution in [3.05, 3.63) is 33.8 Å². The Balaban J connectivity index is 2.26. The minimum atomic E-state index is -0.797. The molecule has 17 heavy (non-hydrogen) atoms. The van der Waals surface area contributed by atoms with Crippen molar-refractivity contribution in [3.8, 4) is 0 Å². The molecule has 2 nitrogen and oxygen atoms in total. The summed E-state index contributed by atoms with van der Waals surface area (Å²) in [6, 6.07) is 5.45. The monoisotopic (exact) mass is 291 g/mol. The van der Waals surface area contributed by atoms with E-state index in [1.54, 1.807) is 12.1 Å². The van der Waals surface area contributed by atoms with Gasteiger partial charge in [-0.15, -0.1) is 0 Å². The van der Waals surface area contributed by atoms with Gasteiger partial charge in [-0.25, -0.2) is 0 Å². The number of rotatable bonds is 1. The van der Waals surface area contributed by atoms with Crippen molar-refractivity contribution < 1.29 is 4.21 Å². The first kappa shape index (κ1) is 13.3. The largest absolute Gasteiger partial charge is 0.309 e. The second-order valence-corrected chi connectivity index (χ2v) is 6.89. The van der Waals surface area contributed by atoms with Crippen LogP contribution in [-0.4, -0.2) is 22.3 Å². The lowest BCUT2D eigenvalue weighted by Crippen LogP contribution is -2.26. The zero-order valence-corrected chi connectivity index (χ0v) is 11.9. The molecule has 1 aromatic carbocycles. The van der Waals surface area contributed by atoms with Gasteiger partial charge in [0.1, 0.15) is 0 Å². The maximum Gasteiger partial charge on any atom is 0.0455 e. The van der Waals surface area contributed by atoms with E-state index in [0.717, 1.165) is 17.9 Å². The third-order valence-corrected chi connectivity index (χ3v) is 5.09. The minimum absolute atomic E-state index is 0.0342. The van der Waals surface area contributed by atoms with E-state index in [1.165, 1.54) is 0 Å². The minimum Gasteiger partial charge on any atom is -0.309 e. The lowest BCUT2D eigenvalue weighted by atomic mass is 10.1. The molecule has 1 aromatic rings. The van der Waals surface area contributed by atoms with E-state index < -0.39 is 10.8 Å². The SMILES string of the molecule is CC1CNC(c2cc(Cl)ccc2Cl)CS(=O)C1. The van der Waals surface area contributed by atoms with E-state index in [4.69, 9.17) is 23.2 Å². The zero-order valence-electron chi connectivity index (χ0n) is 9.58. The fraction of sp³-hybridized carbons (Fsp3) is 0.500. The molecule has 0 spiro atoms. The Hall–Kier alpha value is -0.0900. The first-order chi connectivity index (χ1) is 8.06. The van der Waals surface area contributed by atoms with Gasteiger partial charge in [0, 0.05) is 38.4 Å². The molecule has 0 aromatic heterocycles. The van der Waals surface area contributed by atoms with Crippen LogP contribution in [0.15, 0.2) is 18.2 Å². The average Bonchev–Trinajstić information content (AvgIpc) is 2.43. The van der Waals surface area contributed by atoms with Gasteiger partial charge >= 0.3 is 0 Å². The molecule has 1 heterocycles. The van der Waals surface area contributed by atoms with Gasteiger partial charge in [0.2, 0.25) is 0 Å². The Bertz CT molecular complexity index is 439. The van der Waals surface area contributed by atoms with E-state index in [-0.39, 0.29) is 6.04 Å². The van der Waals surface area contributed by atoms with Crippen LogP contribution in [0.2, 0.25) is 10.0 Å². The van der Waals surface area contributed by atoms with E-state index in [2.05, 4.69) is 12.2 Å². The fourth-order valence-electron chi connectivity index (χ4n) is 2.01. The molecule has 1 N–H and O–H groups in total. The number of benzene rings is 1. The van der Waals surface area contributed by atoms with Crippen LogP contribution in [0.1, 0.15) is 18.5 Å². The quantitative estimate of drug-likeness (QED) is 0.862. The normalized spacial score (nSPS) is 29.9. The number of hydrogen-bond donors (Lipinski definition) is 1. The van der Waals surface area contributed by atoms with Crippen molar-refractivity contribution in [2.45, 2.75) is 13.0 Å². The summed E-state index contributed by atoms with van der Waals surface area (Å²) in [5.74, 6) is 1.78. The Morgan fingerprint density at radius 2 is 2.12 bits per heavy atom. The molecule has 1 fully saturated rings. The summed E-state index contributed by atoms with van der Waals surface area (Å²) in [4.78, 5) is 0. The van der Waals surface area contributed by atoms with Gasteiger partial charge in [0.05, 0.1) is 0 Å². The molecule has 3 unspecified atom stereocenters. The summed E-state index contributed by atoms with van der Waals surface area (Å²) >= 11 is 12.1. The van der Waals surface area contributed by atoms with Crippen molar-refractivity contribution in [1.82, 2.24) is 5.32 Å². The standard InChI is InChI=1S/C12H15Cl2NOS/c1-8-5-15-12(7-17(16)6-8)10-4-9(13)2-3-11(10)14/h2-4,8,12,15H,5-7H2,1H3. The predicted octanol–water partition coefficient (Wildman–Crippen LogP) is 3.02. The highest BCUT2D eigenvalue weighted by atomic mass is 35.5. The summed E-state index contributed by atoms with van der Waals surface area (Å²) in [6.45, 7) is 2.96. The molecule has 94 valence electrons. The molecular weight excluding hydrogens is 277 g/mol.